The number of benzene rings is 1. The maximum Gasteiger partial charge on any atom is 0.0196 e. The summed E-state index contributed by atoms with van der Waals surface area (Å²) in [5.41, 5.74) is 1.30. The summed E-state index contributed by atoms with van der Waals surface area (Å²) in [7, 11) is 0. The summed E-state index contributed by atoms with van der Waals surface area (Å²) in [6.45, 7) is 5.83. The monoisotopic (exact) mass is 158 g/mol. The van der Waals surface area contributed by atoms with Gasteiger partial charge in [-0.3, -0.25) is 0 Å². The highest BCUT2D eigenvalue weighted by molar-refractivity contribution is 5.27. The van der Waals surface area contributed by atoms with Crippen molar-refractivity contribution in [1.82, 2.24) is 0 Å². The van der Waals surface area contributed by atoms with Crippen molar-refractivity contribution < 1.29 is 0 Å². The van der Waals surface area contributed by atoms with E-state index in [1.807, 2.05) is 19.1 Å². The summed E-state index contributed by atoms with van der Waals surface area (Å²) in [4.78, 5) is 0. The second kappa shape index (κ2) is 4.55. The zero-order chi connectivity index (χ0) is 8.81. The van der Waals surface area contributed by atoms with Crippen LogP contribution in [0.5, 0.6) is 0 Å². The summed E-state index contributed by atoms with van der Waals surface area (Å²) in [5, 5.41) is 0. The average molecular weight is 158 g/mol. The molecule has 62 valence electrons. The first-order valence-corrected chi connectivity index (χ1v) is 4.18. The number of allylic oxidation sites excluding steroid dienone is 3. The summed E-state index contributed by atoms with van der Waals surface area (Å²) < 4.78 is 0. The normalized spacial score (nSPS) is 13.1. The zero-order valence-corrected chi connectivity index (χ0v) is 7.40. The van der Waals surface area contributed by atoms with Crippen LogP contribution in [0.15, 0.2) is 55.1 Å². The molecule has 12 heavy (non-hydrogen) atoms. The lowest BCUT2D eigenvalue weighted by atomic mass is 9.99. The highest BCUT2D eigenvalue weighted by atomic mass is 14.0. The maximum absolute atomic E-state index is 3.80. The summed E-state index contributed by atoms with van der Waals surface area (Å²) >= 11 is 0. The van der Waals surface area contributed by atoms with Crippen molar-refractivity contribution in [2.75, 3.05) is 0 Å². The van der Waals surface area contributed by atoms with Gasteiger partial charge in [-0.2, -0.15) is 0 Å². The van der Waals surface area contributed by atoms with Gasteiger partial charge in [-0.15, -0.1) is 6.58 Å². The van der Waals surface area contributed by atoms with E-state index in [0.717, 1.165) is 0 Å². The Hall–Kier alpha value is -1.30. The van der Waals surface area contributed by atoms with Gasteiger partial charge in [-0.1, -0.05) is 48.6 Å². The van der Waals surface area contributed by atoms with E-state index in [1.54, 1.807) is 0 Å². The van der Waals surface area contributed by atoms with Crippen LogP contribution in [0.4, 0.5) is 0 Å². The SMILES string of the molecule is C=CC(/C=C/C)c1ccccc1. The Bertz CT molecular complexity index is 257. The van der Waals surface area contributed by atoms with Crippen molar-refractivity contribution in [3.8, 4) is 0 Å². The van der Waals surface area contributed by atoms with Crippen molar-refractivity contribution in [1.29, 1.82) is 0 Å². The Morgan fingerprint density at radius 2 is 1.92 bits per heavy atom. The molecule has 1 atom stereocenters. The first kappa shape index (κ1) is 8.79. The van der Waals surface area contributed by atoms with Crippen LogP contribution in [0, 0.1) is 0 Å². The van der Waals surface area contributed by atoms with Crippen molar-refractivity contribution in [3.63, 3.8) is 0 Å². The summed E-state index contributed by atoms with van der Waals surface area (Å²) in [5.74, 6) is 0.358. The molecule has 0 amide bonds. The quantitative estimate of drug-likeness (QED) is 0.590. The predicted octanol–water partition coefficient (Wildman–Crippen LogP) is 3.53. The van der Waals surface area contributed by atoms with Gasteiger partial charge < -0.3 is 0 Å². The van der Waals surface area contributed by atoms with Crippen molar-refractivity contribution in [2.24, 2.45) is 0 Å². The van der Waals surface area contributed by atoms with Gasteiger partial charge in [0.25, 0.3) is 0 Å². The van der Waals surface area contributed by atoms with E-state index in [4.69, 9.17) is 0 Å². The lowest BCUT2D eigenvalue weighted by molar-refractivity contribution is 1.08. The third kappa shape index (κ3) is 2.09. The molecule has 0 bridgehead atoms. The van der Waals surface area contributed by atoms with Gasteiger partial charge in [0.1, 0.15) is 0 Å². The Balaban J connectivity index is 2.87. The van der Waals surface area contributed by atoms with Crippen LogP contribution in [-0.2, 0) is 0 Å². The second-order valence-corrected chi connectivity index (χ2v) is 2.70. The van der Waals surface area contributed by atoms with Crippen LogP contribution in [-0.4, -0.2) is 0 Å². The minimum atomic E-state index is 0.358. The molecule has 0 heterocycles. The second-order valence-electron chi connectivity index (χ2n) is 2.70. The lowest BCUT2D eigenvalue weighted by Crippen LogP contribution is -1.88. The molecule has 0 aromatic heterocycles. The van der Waals surface area contributed by atoms with E-state index < -0.39 is 0 Å². The molecule has 0 saturated carbocycles. The van der Waals surface area contributed by atoms with E-state index in [1.165, 1.54) is 5.56 Å². The third-order valence-electron chi connectivity index (χ3n) is 1.84. The first-order chi connectivity index (χ1) is 5.88. The molecular formula is C12H14. The van der Waals surface area contributed by atoms with Crippen LogP contribution < -0.4 is 0 Å². The van der Waals surface area contributed by atoms with Crippen molar-refractivity contribution in [3.05, 3.63) is 60.7 Å². The largest absolute Gasteiger partial charge is 0.102 e. The smallest absolute Gasteiger partial charge is 0.0196 e. The van der Waals surface area contributed by atoms with Crippen molar-refractivity contribution >= 4 is 0 Å². The predicted molar refractivity (Wildman–Crippen MR) is 54.2 cm³/mol. The highest BCUT2D eigenvalue weighted by Gasteiger charge is 1.99. The Morgan fingerprint density at radius 1 is 1.25 bits per heavy atom. The zero-order valence-electron chi connectivity index (χ0n) is 7.40. The van der Waals surface area contributed by atoms with Crippen LogP contribution in [0.2, 0.25) is 0 Å². The molecule has 0 heteroatoms. The summed E-state index contributed by atoms with van der Waals surface area (Å²) in [6, 6.07) is 10.4. The van der Waals surface area contributed by atoms with Gasteiger partial charge in [0.15, 0.2) is 0 Å². The fraction of sp³-hybridized carbons (Fsp3) is 0.167. The van der Waals surface area contributed by atoms with Gasteiger partial charge >= 0.3 is 0 Å². The fourth-order valence-corrected chi connectivity index (χ4v) is 1.21. The Kier molecular flexibility index (Phi) is 3.34. The molecule has 0 nitrogen and oxygen atoms in total. The molecule has 0 fully saturated rings. The molecule has 1 unspecified atom stereocenters. The molecule has 1 aromatic carbocycles. The summed E-state index contributed by atoms with van der Waals surface area (Å²) in [6.07, 6.45) is 6.15. The van der Waals surface area contributed by atoms with Crippen LogP contribution in [0.1, 0.15) is 18.4 Å². The van der Waals surface area contributed by atoms with E-state index in [-0.39, 0.29) is 0 Å². The number of hydrogen-bond donors (Lipinski definition) is 0. The van der Waals surface area contributed by atoms with Crippen LogP contribution in [0.25, 0.3) is 0 Å². The van der Waals surface area contributed by atoms with Gasteiger partial charge in [-0.25, -0.2) is 0 Å². The van der Waals surface area contributed by atoms with Gasteiger partial charge in [0.2, 0.25) is 0 Å². The topological polar surface area (TPSA) is 0 Å². The maximum atomic E-state index is 3.80. The molecule has 0 N–H and O–H groups in total. The first-order valence-electron chi connectivity index (χ1n) is 4.18. The lowest BCUT2D eigenvalue weighted by Gasteiger charge is -2.06. The average Bonchev–Trinajstić information content (AvgIpc) is 2.15. The van der Waals surface area contributed by atoms with Gasteiger partial charge in [-0.05, 0) is 12.5 Å². The van der Waals surface area contributed by atoms with Gasteiger partial charge in [0, 0.05) is 5.92 Å². The molecule has 0 aliphatic rings. The minimum absolute atomic E-state index is 0.358. The molecule has 0 spiro atoms. The van der Waals surface area contributed by atoms with Gasteiger partial charge in [0.05, 0.1) is 0 Å². The third-order valence-corrected chi connectivity index (χ3v) is 1.84. The minimum Gasteiger partial charge on any atom is -0.102 e. The molecule has 0 radical (unpaired) electrons. The Labute approximate surface area is 74.2 Å². The highest BCUT2D eigenvalue weighted by Crippen LogP contribution is 2.17. The van der Waals surface area contributed by atoms with Crippen molar-refractivity contribution in [2.45, 2.75) is 12.8 Å². The molecule has 0 aliphatic heterocycles. The Morgan fingerprint density at radius 3 is 2.42 bits per heavy atom. The molecular weight excluding hydrogens is 144 g/mol. The molecule has 1 rings (SSSR count). The molecule has 0 aliphatic carbocycles. The number of rotatable bonds is 3. The number of hydrogen-bond acceptors (Lipinski definition) is 0. The van der Waals surface area contributed by atoms with E-state index in [0.29, 0.717) is 5.92 Å². The molecule has 0 saturated heterocycles. The standard InChI is InChI=1S/C12H14/c1-3-8-11(4-2)12-9-6-5-7-10-12/h3-11H,2H2,1H3/b8-3+. The van der Waals surface area contributed by atoms with E-state index in [2.05, 4.69) is 43.0 Å². The fourth-order valence-electron chi connectivity index (χ4n) is 1.21. The van der Waals surface area contributed by atoms with E-state index >= 15 is 0 Å². The van der Waals surface area contributed by atoms with Crippen LogP contribution >= 0.6 is 0 Å². The molecule has 1 aromatic rings. The van der Waals surface area contributed by atoms with E-state index in [9.17, 15) is 0 Å². The van der Waals surface area contributed by atoms with Crippen LogP contribution in [0.3, 0.4) is 0 Å².